The smallest absolute Gasteiger partial charge is 0.141 e. The lowest BCUT2D eigenvalue weighted by atomic mass is 9.88. The van der Waals surface area contributed by atoms with Crippen LogP contribution in [0, 0.1) is 0 Å². The summed E-state index contributed by atoms with van der Waals surface area (Å²) in [5.74, 6) is 0.681. The second kappa shape index (κ2) is 9.22. The summed E-state index contributed by atoms with van der Waals surface area (Å²) in [4.78, 5) is 0. The lowest BCUT2D eigenvalue weighted by Crippen LogP contribution is -2.47. The molecule has 4 N–H and O–H groups in total. The highest BCUT2D eigenvalue weighted by Gasteiger charge is 2.39. The highest BCUT2D eigenvalue weighted by atomic mass is 35.5. The summed E-state index contributed by atoms with van der Waals surface area (Å²) in [5.41, 5.74) is 5.17. The molecule has 0 spiro atoms. The lowest BCUT2D eigenvalue weighted by Gasteiger charge is -2.37. The quantitative estimate of drug-likeness (QED) is 0.558. The number of aliphatic hydroxyl groups excluding tert-OH is 3. The van der Waals surface area contributed by atoms with Gasteiger partial charge in [0, 0.05) is 24.9 Å². The van der Waals surface area contributed by atoms with Gasteiger partial charge in [-0.25, -0.2) is 0 Å². The van der Waals surface area contributed by atoms with Gasteiger partial charge < -0.3 is 30.1 Å². The van der Waals surface area contributed by atoms with Gasteiger partial charge >= 0.3 is 0 Å². The minimum absolute atomic E-state index is 0.254. The Morgan fingerprint density at radius 2 is 1.90 bits per heavy atom. The Kier molecular flexibility index (Phi) is 6.63. The Balaban J connectivity index is 1.66. The zero-order valence-electron chi connectivity index (χ0n) is 17.0. The van der Waals surface area contributed by atoms with Crippen LogP contribution in [0.5, 0.6) is 5.75 Å². The summed E-state index contributed by atoms with van der Waals surface area (Å²) in [6.45, 7) is 1.01. The van der Waals surface area contributed by atoms with Gasteiger partial charge in [0.05, 0.1) is 30.4 Å². The van der Waals surface area contributed by atoms with Gasteiger partial charge in [0.1, 0.15) is 18.0 Å². The van der Waals surface area contributed by atoms with Crippen LogP contribution in [0.25, 0.3) is 0 Å². The normalized spacial score (nSPS) is 25.8. The lowest BCUT2D eigenvalue weighted by molar-refractivity contribution is -0.181. The van der Waals surface area contributed by atoms with Crippen LogP contribution in [0.4, 0.5) is 0 Å². The molecule has 3 unspecified atom stereocenters. The molecule has 162 valence electrons. The molecular weight excluding hydrogens is 406 g/mol. The Labute approximate surface area is 181 Å². The first-order chi connectivity index (χ1) is 14.5. The van der Waals surface area contributed by atoms with E-state index in [-0.39, 0.29) is 13.0 Å². The third-order valence-corrected chi connectivity index (χ3v) is 6.34. The van der Waals surface area contributed by atoms with Gasteiger partial charge in [0.2, 0.25) is 0 Å². The summed E-state index contributed by atoms with van der Waals surface area (Å²) >= 11 is 6.70. The first-order valence-corrected chi connectivity index (χ1v) is 10.7. The average Bonchev–Trinajstić information content (AvgIpc) is 3.24. The SMILES string of the molecule is CNCc1ccc(Cc2cc(C3CC(O)[C@H](O)C(CO)O3)c3c(c2Cl)OCC3)cc1. The maximum atomic E-state index is 10.3. The first kappa shape index (κ1) is 21.6. The van der Waals surface area contributed by atoms with Crippen molar-refractivity contribution in [3.8, 4) is 5.75 Å². The van der Waals surface area contributed by atoms with E-state index in [2.05, 4.69) is 29.6 Å². The topological polar surface area (TPSA) is 91.2 Å². The Bertz CT molecular complexity index is 888. The summed E-state index contributed by atoms with van der Waals surface area (Å²) < 4.78 is 11.8. The fraction of sp³-hybridized carbons (Fsp3) is 0.478. The van der Waals surface area contributed by atoms with E-state index in [4.69, 9.17) is 21.1 Å². The third-order valence-electron chi connectivity index (χ3n) is 5.93. The standard InChI is InChI=1S/C23H28ClNO5/c1-25-11-14-4-2-13(3-5-14)8-15-9-17(16-6-7-29-23(16)21(15)24)19-10-18(27)22(28)20(12-26)30-19/h2-5,9,18-20,22,25-28H,6-8,10-12H2,1H3/t18?,19?,20?,22-/m0/s1. The number of fused-ring (bicyclic) bond motifs is 1. The van der Waals surface area contributed by atoms with Crippen LogP contribution in [0.3, 0.4) is 0 Å². The van der Waals surface area contributed by atoms with Gasteiger partial charge in [-0.1, -0.05) is 41.9 Å². The van der Waals surface area contributed by atoms with Crippen LogP contribution in [0.15, 0.2) is 30.3 Å². The Morgan fingerprint density at radius 3 is 2.60 bits per heavy atom. The molecule has 4 atom stereocenters. The molecule has 2 aliphatic rings. The zero-order chi connectivity index (χ0) is 21.3. The molecule has 1 fully saturated rings. The molecule has 7 heteroatoms. The van der Waals surface area contributed by atoms with E-state index in [9.17, 15) is 15.3 Å². The molecule has 6 nitrogen and oxygen atoms in total. The number of ether oxygens (including phenoxy) is 2. The molecule has 1 saturated heterocycles. The van der Waals surface area contributed by atoms with Crippen molar-refractivity contribution in [1.29, 1.82) is 0 Å². The highest BCUT2D eigenvalue weighted by Crippen LogP contribution is 2.44. The molecule has 0 saturated carbocycles. The van der Waals surface area contributed by atoms with Gasteiger partial charge in [0.25, 0.3) is 0 Å². The fourth-order valence-corrected chi connectivity index (χ4v) is 4.62. The summed E-state index contributed by atoms with van der Waals surface area (Å²) in [6, 6.07) is 10.4. The molecule has 2 heterocycles. The van der Waals surface area contributed by atoms with Gasteiger partial charge in [0.15, 0.2) is 0 Å². The summed E-state index contributed by atoms with van der Waals surface area (Å²) in [6.07, 6.45) is -1.71. The number of hydrogen-bond donors (Lipinski definition) is 4. The second-order valence-corrected chi connectivity index (χ2v) is 8.39. The molecule has 2 aliphatic heterocycles. The largest absolute Gasteiger partial charge is 0.491 e. The van der Waals surface area contributed by atoms with Crippen molar-refractivity contribution in [1.82, 2.24) is 5.32 Å². The average molecular weight is 434 g/mol. The number of nitrogens with one attached hydrogen (secondary N) is 1. The van der Waals surface area contributed by atoms with Gasteiger partial charge in [-0.3, -0.25) is 0 Å². The minimum atomic E-state index is -1.10. The molecule has 0 aromatic heterocycles. The highest BCUT2D eigenvalue weighted by molar-refractivity contribution is 6.33. The van der Waals surface area contributed by atoms with Crippen molar-refractivity contribution in [3.63, 3.8) is 0 Å². The van der Waals surface area contributed by atoms with Crippen molar-refractivity contribution in [3.05, 3.63) is 63.2 Å². The molecule has 0 aliphatic carbocycles. The minimum Gasteiger partial charge on any atom is -0.491 e. The predicted molar refractivity (Wildman–Crippen MR) is 114 cm³/mol. The van der Waals surface area contributed by atoms with Crippen LogP contribution < -0.4 is 10.1 Å². The first-order valence-electron chi connectivity index (χ1n) is 10.3. The van der Waals surface area contributed by atoms with Crippen LogP contribution in [0.1, 0.15) is 40.3 Å². The third kappa shape index (κ3) is 4.21. The number of rotatable bonds is 6. The van der Waals surface area contributed by atoms with E-state index < -0.39 is 24.4 Å². The number of benzene rings is 2. The molecular formula is C23H28ClNO5. The Hall–Kier alpha value is -1.67. The van der Waals surface area contributed by atoms with Gasteiger partial charge in [-0.05, 0) is 35.7 Å². The van der Waals surface area contributed by atoms with Crippen molar-refractivity contribution >= 4 is 11.6 Å². The maximum Gasteiger partial charge on any atom is 0.141 e. The van der Waals surface area contributed by atoms with E-state index >= 15 is 0 Å². The van der Waals surface area contributed by atoms with Crippen molar-refractivity contribution < 1.29 is 24.8 Å². The number of halogens is 1. The van der Waals surface area contributed by atoms with E-state index in [0.717, 1.165) is 28.8 Å². The van der Waals surface area contributed by atoms with E-state index in [1.807, 2.05) is 13.1 Å². The monoisotopic (exact) mass is 433 g/mol. The molecule has 2 aromatic carbocycles. The Morgan fingerprint density at radius 1 is 1.17 bits per heavy atom. The van der Waals surface area contributed by atoms with Crippen LogP contribution in [0.2, 0.25) is 5.02 Å². The van der Waals surface area contributed by atoms with Crippen molar-refractivity contribution in [2.24, 2.45) is 0 Å². The zero-order valence-corrected chi connectivity index (χ0v) is 17.7. The molecule has 2 aromatic rings. The molecule has 0 bridgehead atoms. The number of aliphatic hydroxyl groups is 3. The van der Waals surface area contributed by atoms with Gasteiger partial charge in [-0.15, -0.1) is 0 Å². The molecule has 4 rings (SSSR count). The van der Waals surface area contributed by atoms with E-state index in [1.165, 1.54) is 5.56 Å². The van der Waals surface area contributed by atoms with Crippen LogP contribution in [-0.2, 0) is 24.1 Å². The van der Waals surface area contributed by atoms with E-state index in [0.29, 0.717) is 30.2 Å². The summed E-state index contributed by atoms with van der Waals surface area (Å²) in [5, 5.41) is 33.6. The molecule has 0 radical (unpaired) electrons. The summed E-state index contributed by atoms with van der Waals surface area (Å²) in [7, 11) is 1.92. The van der Waals surface area contributed by atoms with Crippen molar-refractivity contribution in [2.75, 3.05) is 20.3 Å². The van der Waals surface area contributed by atoms with Crippen LogP contribution >= 0.6 is 11.6 Å². The molecule has 30 heavy (non-hydrogen) atoms. The number of hydrogen-bond acceptors (Lipinski definition) is 6. The molecule has 0 amide bonds. The van der Waals surface area contributed by atoms with Crippen LogP contribution in [-0.4, -0.2) is 53.9 Å². The fourth-order valence-electron chi connectivity index (χ4n) is 4.33. The van der Waals surface area contributed by atoms with Crippen molar-refractivity contribution in [2.45, 2.75) is 50.2 Å². The second-order valence-electron chi connectivity index (χ2n) is 8.01. The van der Waals surface area contributed by atoms with Gasteiger partial charge in [-0.2, -0.15) is 0 Å². The maximum absolute atomic E-state index is 10.3. The predicted octanol–water partition coefficient (Wildman–Crippen LogP) is 2.13. The van der Waals surface area contributed by atoms with E-state index in [1.54, 1.807) is 0 Å².